The third kappa shape index (κ3) is 5.19. The van der Waals surface area contributed by atoms with E-state index >= 15 is 0 Å². The largest absolute Gasteiger partial charge is 0.497 e. The highest BCUT2D eigenvalue weighted by molar-refractivity contribution is 5.86. The second kappa shape index (κ2) is 6.80. The molecule has 0 spiro atoms. The lowest BCUT2D eigenvalue weighted by atomic mass is 10.1. The predicted molar refractivity (Wildman–Crippen MR) is 78.0 cm³/mol. The highest BCUT2D eigenvalue weighted by Crippen LogP contribution is 2.23. The quantitative estimate of drug-likeness (QED) is 0.856. The third-order valence-corrected chi connectivity index (χ3v) is 2.44. The van der Waals surface area contributed by atoms with Crippen LogP contribution in [0.2, 0.25) is 0 Å². The molecule has 0 atom stereocenters. The Morgan fingerprint density at radius 3 is 2.65 bits per heavy atom. The Bertz CT molecular complexity index is 513. The number of hydrogen-bond donors (Lipinski definition) is 1. The van der Waals surface area contributed by atoms with Crippen LogP contribution in [-0.4, -0.2) is 25.3 Å². The first kappa shape index (κ1) is 15.8. The molecule has 0 aliphatic carbocycles. The van der Waals surface area contributed by atoms with E-state index in [2.05, 4.69) is 10.2 Å². The smallest absolute Gasteiger partial charge is 0.412 e. The van der Waals surface area contributed by atoms with Crippen LogP contribution >= 0.6 is 0 Å². The summed E-state index contributed by atoms with van der Waals surface area (Å²) >= 11 is 0. The van der Waals surface area contributed by atoms with E-state index in [1.807, 2.05) is 6.07 Å². The zero-order valence-electron chi connectivity index (χ0n) is 12.3. The van der Waals surface area contributed by atoms with Gasteiger partial charge in [0.25, 0.3) is 0 Å². The topological polar surface area (TPSA) is 51.9 Å². The van der Waals surface area contributed by atoms with E-state index in [-0.39, 0.29) is 0 Å². The molecule has 5 nitrogen and oxygen atoms in total. The normalized spacial score (nSPS) is 10.6. The molecule has 20 heavy (non-hydrogen) atoms. The van der Waals surface area contributed by atoms with Crippen molar-refractivity contribution in [2.45, 2.75) is 32.8 Å². The van der Waals surface area contributed by atoms with Gasteiger partial charge in [-0.2, -0.15) is 0 Å². The molecule has 0 saturated carbocycles. The maximum Gasteiger partial charge on any atom is 0.412 e. The van der Waals surface area contributed by atoms with Crippen molar-refractivity contribution in [1.82, 2.24) is 0 Å². The minimum atomic E-state index is -0.548. The van der Waals surface area contributed by atoms with E-state index in [4.69, 9.17) is 16.0 Å². The Morgan fingerprint density at radius 1 is 1.40 bits per heavy atom. The molecule has 1 rings (SSSR count). The van der Waals surface area contributed by atoms with E-state index in [1.165, 1.54) is 0 Å². The summed E-state index contributed by atoms with van der Waals surface area (Å²) in [6, 6.07) is 5.33. The van der Waals surface area contributed by atoms with E-state index in [9.17, 15) is 4.79 Å². The van der Waals surface area contributed by atoms with Crippen molar-refractivity contribution in [3.63, 3.8) is 0 Å². The van der Waals surface area contributed by atoms with E-state index in [0.717, 1.165) is 5.56 Å². The Hall–Kier alpha value is -2.22. The number of nitrogens with one attached hydrogen (secondary N) is 1. The summed E-state index contributed by atoms with van der Waals surface area (Å²) in [6.45, 7) is 12.6. The lowest BCUT2D eigenvalue weighted by Gasteiger charge is -2.20. The van der Waals surface area contributed by atoms with Crippen LogP contribution in [0.1, 0.15) is 26.3 Å². The standard InChI is InChI=1S/C15H20N2O3/c1-15(2,3)20-14(18)17-13-7-6-12(19-5)10-11(13)8-9-16-4/h6-7,10H,8-9H2,1-3,5H3,(H,17,18). The molecule has 0 fully saturated rings. The average Bonchev–Trinajstić information content (AvgIpc) is 2.35. The summed E-state index contributed by atoms with van der Waals surface area (Å²) < 4.78 is 10.4. The molecule has 1 aromatic rings. The Morgan fingerprint density at radius 2 is 2.10 bits per heavy atom. The van der Waals surface area contributed by atoms with Crippen LogP contribution in [0.15, 0.2) is 18.2 Å². The molecule has 0 unspecified atom stereocenters. The van der Waals surface area contributed by atoms with E-state index in [1.54, 1.807) is 40.0 Å². The number of carbonyl (C=O) groups is 1. The van der Waals surface area contributed by atoms with Gasteiger partial charge in [-0.05, 0) is 44.5 Å². The number of benzene rings is 1. The van der Waals surface area contributed by atoms with Crippen molar-refractivity contribution in [2.75, 3.05) is 19.0 Å². The molecule has 0 heterocycles. The van der Waals surface area contributed by atoms with Gasteiger partial charge in [-0.25, -0.2) is 11.4 Å². The van der Waals surface area contributed by atoms with Gasteiger partial charge in [0.1, 0.15) is 11.4 Å². The van der Waals surface area contributed by atoms with E-state index < -0.39 is 11.7 Å². The minimum Gasteiger partial charge on any atom is -0.497 e. The summed E-state index contributed by atoms with van der Waals surface area (Å²) in [5, 5.41) is 2.71. The predicted octanol–water partition coefficient (Wildman–Crippen LogP) is 3.50. The lowest BCUT2D eigenvalue weighted by Crippen LogP contribution is -2.27. The lowest BCUT2D eigenvalue weighted by molar-refractivity contribution is 0.0636. The van der Waals surface area contributed by atoms with Gasteiger partial charge in [-0.15, -0.1) is 0 Å². The van der Waals surface area contributed by atoms with Crippen molar-refractivity contribution < 1.29 is 14.3 Å². The first-order valence-electron chi connectivity index (χ1n) is 6.36. The number of ether oxygens (including phenoxy) is 2. The molecule has 5 heteroatoms. The van der Waals surface area contributed by atoms with Crippen molar-refractivity contribution in [2.24, 2.45) is 0 Å². The first-order chi connectivity index (χ1) is 9.35. The molecule has 0 aliphatic heterocycles. The highest BCUT2D eigenvalue weighted by atomic mass is 16.6. The average molecular weight is 276 g/mol. The van der Waals surface area contributed by atoms with Gasteiger partial charge in [0, 0.05) is 12.1 Å². The van der Waals surface area contributed by atoms with Crippen LogP contribution in [0, 0.1) is 6.57 Å². The molecule has 0 saturated heterocycles. The molecule has 0 radical (unpaired) electrons. The molecule has 0 aromatic heterocycles. The molecular formula is C15H20N2O3. The first-order valence-corrected chi connectivity index (χ1v) is 6.36. The monoisotopic (exact) mass is 276 g/mol. The molecule has 0 bridgehead atoms. The summed E-state index contributed by atoms with van der Waals surface area (Å²) in [7, 11) is 1.58. The van der Waals surface area contributed by atoms with Crippen LogP contribution in [0.4, 0.5) is 10.5 Å². The number of carbonyl (C=O) groups excluding carboxylic acids is 1. The van der Waals surface area contributed by atoms with Crippen LogP contribution in [0.5, 0.6) is 5.75 Å². The summed E-state index contributed by atoms with van der Waals surface area (Å²) in [5.74, 6) is 0.694. The number of rotatable bonds is 4. The van der Waals surface area contributed by atoms with Crippen LogP contribution in [0.25, 0.3) is 4.85 Å². The van der Waals surface area contributed by atoms with Crippen LogP contribution in [-0.2, 0) is 11.2 Å². The second-order valence-electron chi connectivity index (χ2n) is 5.28. The van der Waals surface area contributed by atoms with Gasteiger partial charge in [0.2, 0.25) is 6.54 Å². The van der Waals surface area contributed by atoms with Crippen molar-refractivity contribution in [3.8, 4) is 5.75 Å². The Kier molecular flexibility index (Phi) is 5.39. The fraction of sp³-hybridized carbons (Fsp3) is 0.467. The molecule has 1 aromatic carbocycles. The number of anilines is 1. The van der Waals surface area contributed by atoms with Crippen molar-refractivity contribution in [1.29, 1.82) is 0 Å². The van der Waals surface area contributed by atoms with Gasteiger partial charge < -0.3 is 14.3 Å². The molecule has 0 aliphatic rings. The maximum atomic E-state index is 11.8. The summed E-state index contributed by atoms with van der Waals surface area (Å²) in [6.07, 6.45) is 0.0398. The SMILES string of the molecule is [C-]#[N+]CCc1cc(OC)ccc1NC(=O)OC(C)(C)C. The number of amides is 1. The van der Waals surface area contributed by atoms with Gasteiger partial charge >= 0.3 is 6.09 Å². The van der Waals surface area contributed by atoms with Gasteiger partial charge in [-0.3, -0.25) is 5.32 Å². The molecule has 108 valence electrons. The molecule has 1 amide bonds. The zero-order chi connectivity index (χ0) is 15.2. The minimum absolute atomic E-state index is 0.357. The Labute approximate surface area is 119 Å². The Balaban J connectivity index is 2.87. The summed E-state index contributed by atoms with van der Waals surface area (Å²) in [5.41, 5.74) is 0.947. The number of nitrogens with zero attached hydrogens (tertiary/aromatic N) is 1. The van der Waals surface area contributed by atoms with Gasteiger partial charge in [0.05, 0.1) is 7.11 Å². The van der Waals surface area contributed by atoms with Crippen LogP contribution in [0.3, 0.4) is 0 Å². The number of methoxy groups -OCH3 is 1. The zero-order valence-corrected chi connectivity index (χ0v) is 12.3. The maximum absolute atomic E-state index is 11.8. The number of hydrogen-bond acceptors (Lipinski definition) is 3. The molecule has 1 N–H and O–H groups in total. The van der Waals surface area contributed by atoms with Crippen LogP contribution < -0.4 is 10.1 Å². The second-order valence-corrected chi connectivity index (χ2v) is 5.28. The third-order valence-electron chi connectivity index (χ3n) is 2.44. The molecular weight excluding hydrogens is 256 g/mol. The highest BCUT2D eigenvalue weighted by Gasteiger charge is 2.17. The van der Waals surface area contributed by atoms with Gasteiger partial charge in [-0.1, -0.05) is 0 Å². The summed E-state index contributed by atoms with van der Waals surface area (Å²) in [4.78, 5) is 15.1. The van der Waals surface area contributed by atoms with Gasteiger partial charge in [0.15, 0.2) is 0 Å². The fourth-order valence-electron chi connectivity index (χ4n) is 1.62. The fourth-order valence-corrected chi connectivity index (χ4v) is 1.62. The van der Waals surface area contributed by atoms with E-state index in [0.29, 0.717) is 24.4 Å². The van der Waals surface area contributed by atoms with Crippen molar-refractivity contribution >= 4 is 11.8 Å². The van der Waals surface area contributed by atoms with Crippen molar-refractivity contribution in [3.05, 3.63) is 35.2 Å².